The molecule has 3 aromatic carbocycles. The molecule has 4 heterocycles. The first-order valence-corrected chi connectivity index (χ1v) is 12.2. The van der Waals surface area contributed by atoms with Crippen LogP contribution in [0.15, 0.2) is 36.4 Å². The summed E-state index contributed by atoms with van der Waals surface area (Å²) in [6, 6.07) is 8.37. The van der Waals surface area contributed by atoms with Crippen LogP contribution in [0.3, 0.4) is 0 Å². The van der Waals surface area contributed by atoms with Gasteiger partial charge in [0.2, 0.25) is 0 Å². The minimum atomic E-state index is -1.80. The highest BCUT2D eigenvalue weighted by Gasteiger charge is 2.47. The highest BCUT2D eigenvalue weighted by Crippen LogP contribution is 2.47. The van der Waals surface area contributed by atoms with Gasteiger partial charge in [0.25, 0.3) is 11.8 Å². The second kappa shape index (κ2) is 8.04. The molecule has 0 unspecified atom stereocenters. The van der Waals surface area contributed by atoms with E-state index in [1.165, 1.54) is 35.9 Å². The number of aromatic amines is 1. The Morgan fingerprint density at radius 1 is 0.846 bits per heavy atom. The molecule has 0 spiro atoms. The van der Waals surface area contributed by atoms with Crippen LogP contribution in [-0.4, -0.2) is 84.8 Å². The molecule has 200 valence electrons. The van der Waals surface area contributed by atoms with Gasteiger partial charge >= 0.3 is 0 Å². The molecule has 5 N–H and O–H groups in total. The molecule has 2 aromatic heterocycles. The molecule has 0 radical (unpaired) electrons. The number of para-hydroxylation sites is 2. The van der Waals surface area contributed by atoms with Gasteiger partial charge in [-0.15, -0.1) is 0 Å². The van der Waals surface area contributed by atoms with Crippen LogP contribution in [0.2, 0.25) is 0 Å². The predicted molar refractivity (Wildman–Crippen MR) is 134 cm³/mol. The van der Waals surface area contributed by atoms with Crippen molar-refractivity contribution in [2.75, 3.05) is 13.7 Å². The summed E-state index contributed by atoms with van der Waals surface area (Å²) in [4.78, 5) is 30.8. The van der Waals surface area contributed by atoms with E-state index in [-0.39, 0.29) is 49.4 Å². The standard InChI is InChI=1S/C27H21F2N3O7/c1-31-25(37)16-14-9-4-2-6-11(28)18(9)30-19(14)21-15(17(16)26(31)38)10-5-3-7-12(29)20(10)32(21)27-24(36)23(35)22(34)13(8-33)39-27/h2-7,13,22-24,27,30,33-36H,8H2,1H3/t13-,22-,23+,24-,27-/m1/s1. The Bertz CT molecular complexity index is 1900. The third kappa shape index (κ3) is 2.89. The van der Waals surface area contributed by atoms with Crippen molar-refractivity contribution >= 4 is 55.4 Å². The molecule has 10 nitrogen and oxygen atoms in total. The van der Waals surface area contributed by atoms with Gasteiger partial charge in [0, 0.05) is 28.6 Å². The molecule has 12 heteroatoms. The number of amides is 2. The first-order valence-electron chi connectivity index (χ1n) is 12.2. The average Bonchev–Trinajstić information content (AvgIpc) is 3.54. The molecule has 5 atom stereocenters. The number of aliphatic hydroxyl groups excluding tert-OH is 4. The molecule has 2 aliphatic rings. The maximum Gasteiger partial charge on any atom is 0.262 e. The van der Waals surface area contributed by atoms with Crippen LogP contribution in [0.5, 0.6) is 0 Å². The van der Waals surface area contributed by atoms with Gasteiger partial charge < -0.3 is 34.7 Å². The van der Waals surface area contributed by atoms with Crippen LogP contribution in [0.25, 0.3) is 43.6 Å². The molecule has 2 aliphatic heterocycles. The summed E-state index contributed by atoms with van der Waals surface area (Å²) in [5.74, 6) is -2.66. The van der Waals surface area contributed by atoms with Crippen molar-refractivity contribution in [2.45, 2.75) is 30.6 Å². The topological polar surface area (TPSA) is 148 Å². The van der Waals surface area contributed by atoms with Crippen molar-refractivity contribution in [1.29, 1.82) is 0 Å². The Balaban J connectivity index is 1.75. The monoisotopic (exact) mass is 537 g/mol. The molecular formula is C27H21F2N3O7. The Morgan fingerprint density at radius 3 is 2.18 bits per heavy atom. The fourth-order valence-corrected chi connectivity index (χ4v) is 6.09. The number of benzene rings is 3. The highest BCUT2D eigenvalue weighted by molar-refractivity contribution is 6.39. The molecular weight excluding hydrogens is 516 g/mol. The minimum Gasteiger partial charge on any atom is -0.394 e. The Labute approximate surface area is 217 Å². The van der Waals surface area contributed by atoms with Crippen LogP contribution >= 0.6 is 0 Å². The fourth-order valence-electron chi connectivity index (χ4n) is 6.09. The first-order chi connectivity index (χ1) is 18.7. The zero-order chi connectivity index (χ0) is 27.5. The van der Waals surface area contributed by atoms with Crippen molar-refractivity contribution in [3.63, 3.8) is 0 Å². The molecule has 1 fully saturated rings. The number of imide groups is 1. The molecule has 7 rings (SSSR count). The Morgan fingerprint density at radius 2 is 1.49 bits per heavy atom. The number of hydrogen-bond acceptors (Lipinski definition) is 7. The maximum absolute atomic E-state index is 15.6. The highest BCUT2D eigenvalue weighted by atomic mass is 19.1. The lowest BCUT2D eigenvalue weighted by atomic mass is 9.96. The zero-order valence-electron chi connectivity index (χ0n) is 20.2. The number of H-pyrrole nitrogens is 1. The van der Waals surface area contributed by atoms with E-state index >= 15 is 4.39 Å². The van der Waals surface area contributed by atoms with E-state index in [2.05, 4.69) is 4.98 Å². The lowest BCUT2D eigenvalue weighted by Gasteiger charge is -2.41. The van der Waals surface area contributed by atoms with Crippen molar-refractivity contribution in [2.24, 2.45) is 0 Å². The van der Waals surface area contributed by atoms with Crippen molar-refractivity contribution < 1.29 is 43.5 Å². The SMILES string of the molecule is CN1C(=O)c2c(c3c4cccc(F)c4n([C@@H]4O[C@H](CO)[C@@H](O)[C@H](O)[C@H]4O)c3c3[nH]c4c(F)cccc4c23)C1=O. The molecule has 0 bridgehead atoms. The van der Waals surface area contributed by atoms with Gasteiger partial charge in [-0.2, -0.15) is 0 Å². The summed E-state index contributed by atoms with van der Waals surface area (Å²) < 4.78 is 37.7. The number of ether oxygens (including phenoxy) is 1. The third-order valence-corrected chi connectivity index (χ3v) is 7.90. The van der Waals surface area contributed by atoms with E-state index in [1.54, 1.807) is 6.07 Å². The number of rotatable bonds is 2. The minimum absolute atomic E-state index is 0.0194. The number of carbonyl (C=O) groups is 2. The number of aliphatic hydroxyl groups is 4. The average molecular weight is 537 g/mol. The molecule has 2 amide bonds. The molecule has 0 aliphatic carbocycles. The summed E-state index contributed by atoms with van der Waals surface area (Å²) in [6.07, 6.45) is -8.12. The van der Waals surface area contributed by atoms with Crippen molar-refractivity contribution in [3.05, 3.63) is 59.2 Å². The molecule has 0 saturated carbocycles. The van der Waals surface area contributed by atoms with Gasteiger partial charge in [-0.1, -0.05) is 24.3 Å². The van der Waals surface area contributed by atoms with E-state index in [0.717, 1.165) is 11.0 Å². The number of nitrogens with one attached hydrogen (secondary N) is 1. The molecule has 1 saturated heterocycles. The van der Waals surface area contributed by atoms with Gasteiger partial charge in [-0.05, 0) is 12.1 Å². The van der Waals surface area contributed by atoms with Gasteiger partial charge in [-0.25, -0.2) is 8.78 Å². The summed E-state index contributed by atoms with van der Waals surface area (Å²) in [5.41, 5.74) is 0.213. The number of fused-ring (bicyclic) bond motifs is 10. The van der Waals surface area contributed by atoms with Gasteiger partial charge in [0.1, 0.15) is 36.1 Å². The van der Waals surface area contributed by atoms with Crippen LogP contribution < -0.4 is 0 Å². The maximum atomic E-state index is 15.6. The summed E-state index contributed by atoms with van der Waals surface area (Å²) in [6.45, 7) is -0.721. The van der Waals surface area contributed by atoms with Crippen LogP contribution in [-0.2, 0) is 4.74 Å². The summed E-state index contributed by atoms with van der Waals surface area (Å²) in [7, 11) is 1.31. The Kier molecular flexibility index (Phi) is 4.97. The second-order valence-electron chi connectivity index (χ2n) is 9.91. The third-order valence-electron chi connectivity index (χ3n) is 7.90. The van der Waals surface area contributed by atoms with Crippen molar-refractivity contribution in [3.8, 4) is 0 Å². The zero-order valence-corrected chi connectivity index (χ0v) is 20.2. The number of aromatic nitrogens is 2. The van der Waals surface area contributed by atoms with E-state index in [1.807, 2.05) is 0 Å². The first kappa shape index (κ1) is 24.1. The largest absolute Gasteiger partial charge is 0.394 e. The van der Waals surface area contributed by atoms with E-state index in [0.29, 0.717) is 5.39 Å². The van der Waals surface area contributed by atoms with Crippen LogP contribution in [0.4, 0.5) is 8.78 Å². The summed E-state index contributed by atoms with van der Waals surface area (Å²) >= 11 is 0. The van der Waals surface area contributed by atoms with Crippen LogP contribution in [0.1, 0.15) is 26.9 Å². The van der Waals surface area contributed by atoms with E-state index in [9.17, 15) is 34.4 Å². The second-order valence-corrected chi connectivity index (χ2v) is 9.91. The predicted octanol–water partition coefficient (Wildman–Crippen LogP) is 1.91. The van der Waals surface area contributed by atoms with E-state index < -0.39 is 60.7 Å². The lowest BCUT2D eigenvalue weighted by Crippen LogP contribution is -2.56. The smallest absolute Gasteiger partial charge is 0.262 e. The number of halogens is 2. The number of nitrogens with zero attached hydrogens (tertiary/aromatic N) is 2. The quantitative estimate of drug-likeness (QED) is 0.216. The normalized spacial score (nSPS) is 25.6. The van der Waals surface area contributed by atoms with Crippen LogP contribution in [0, 0.1) is 11.6 Å². The fraction of sp³-hybridized carbons (Fsp3) is 0.259. The molecule has 5 aromatic rings. The van der Waals surface area contributed by atoms with Gasteiger partial charge in [-0.3, -0.25) is 14.5 Å². The van der Waals surface area contributed by atoms with Gasteiger partial charge in [0.15, 0.2) is 6.23 Å². The van der Waals surface area contributed by atoms with E-state index in [4.69, 9.17) is 4.74 Å². The molecule has 39 heavy (non-hydrogen) atoms. The van der Waals surface area contributed by atoms with Crippen molar-refractivity contribution in [1.82, 2.24) is 14.5 Å². The van der Waals surface area contributed by atoms with Gasteiger partial charge in [0.05, 0.1) is 39.8 Å². The summed E-state index contributed by atoms with van der Waals surface area (Å²) in [5, 5.41) is 42.6. The number of hydrogen-bond donors (Lipinski definition) is 5. The number of carbonyl (C=O) groups excluding carboxylic acids is 2. The lowest BCUT2D eigenvalue weighted by molar-refractivity contribution is -0.249. The Hall–Kier alpha value is -3.94.